The Morgan fingerprint density at radius 3 is 2.55 bits per heavy atom. The Morgan fingerprint density at radius 2 is 1.95 bits per heavy atom. The van der Waals surface area contributed by atoms with Gasteiger partial charge >= 0.3 is 6.09 Å². The predicted molar refractivity (Wildman–Crippen MR) is 164 cm³/mol. The predicted octanol–water partition coefficient (Wildman–Crippen LogP) is 4.07. The molecule has 0 radical (unpaired) electrons. The van der Waals surface area contributed by atoms with E-state index in [4.69, 9.17) is 9.47 Å². The number of hydrogen-bond acceptors (Lipinski definition) is 7. The zero-order valence-corrected chi connectivity index (χ0v) is 26.9. The van der Waals surface area contributed by atoms with Crippen LogP contribution in [0.4, 0.5) is 10.6 Å². The molecule has 0 saturated carbocycles. The molecule has 0 unspecified atom stereocenters. The quantitative estimate of drug-likeness (QED) is 0.0736. The molecule has 1 fully saturated rings. The van der Waals surface area contributed by atoms with Gasteiger partial charge in [-0.05, 0) is 55.6 Å². The zero-order chi connectivity index (χ0) is 30.0. The van der Waals surface area contributed by atoms with Crippen LogP contribution >= 0.6 is 38.5 Å². The maximum atomic E-state index is 13.6. The summed E-state index contributed by atoms with van der Waals surface area (Å²) in [6.45, 7) is 14.6. The average Bonchev–Trinajstić information content (AvgIpc) is 3.18. The molecule has 1 aliphatic rings. The van der Waals surface area contributed by atoms with Gasteiger partial charge in [-0.2, -0.15) is 0 Å². The minimum Gasteiger partial charge on any atom is -0.444 e. The van der Waals surface area contributed by atoms with E-state index in [0.29, 0.717) is 22.6 Å². The SMILES string of the molecule is C=CCOCc1ccc(Br)nc1NC(=O)[C@@H]1C[C@H](CNC(=O)[C@H](CC=C)NC(C)=O)[C@@H](I)N1C(=O)OC(C)(C)C. The van der Waals surface area contributed by atoms with Crippen molar-refractivity contribution >= 4 is 68.2 Å². The number of rotatable bonds is 12. The van der Waals surface area contributed by atoms with Crippen LogP contribution in [0.1, 0.15) is 46.1 Å². The van der Waals surface area contributed by atoms with Crippen molar-refractivity contribution in [3.05, 3.63) is 47.6 Å². The third-order valence-corrected chi connectivity index (χ3v) is 7.80. The van der Waals surface area contributed by atoms with Crippen molar-refractivity contribution in [2.45, 2.75) is 68.9 Å². The maximum absolute atomic E-state index is 13.6. The van der Waals surface area contributed by atoms with E-state index >= 15 is 0 Å². The van der Waals surface area contributed by atoms with E-state index in [9.17, 15) is 19.2 Å². The number of likely N-dealkylation sites (tertiary alicyclic amines) is 1. The molecule has 0 bridgehead atoms. The smallest absolute Gasteiger partial charge is 0.411 e. The Kier molecular flexibility index (Phi) is 13.0. The molecule has 4 atom stereocenters. The minimum absolute atomic E-state index is 0.179. The van der Waals surface area contributed by atoms with E-state index in [1.807, 2.05) is 0 Å². The summed E-state index contributed by atoms with van der Waals surface area (Å²) in [4.78, 5) is 57.0. The Morgan fingerprint density at radius 1 is 1.25 bits per heavy atom. The van der Waals surface area contributed by atoms with E-state index in [1.54, 1.807) is 45.1 Å². The highest BCUT2D eigenvalue weighted by Gasteiger charge is 2.47. The number of hydrogen-bond donors (Lipinski definition) is 3. The Bertz CT molecular complexity index is 1110. The van der Waals surface area contributed by atoms with Gasteiger partial charge in [0.1, 0.15) is 28.1 Å². The van der Waals surface area contributed by atoms with Crippen LogP contribution in [0.25, 0.3) is 0 Å². The van der Waals surface area contributed by atoms with Crippen molar-refractivity contribution in [1.29, 1.82) is 0 Å². The molecule has 1 aromatic heterocycles. The molecule has 220 valence electrons. The molecule has 1 saturated heterocycles. The first-order valence-corrected chi connectivity index (χ1v) is 14.8. The molecular formula is C27H37BrIN5O6. The van der Waals surface area contributed by atoms with Gasteiger partial charge in [-0.3, -0.25) is 19.3 Å². The third-order valence-electron chi connectivity index (χ3n) is 5.74. The van der Waals surface area contributed by atoms with Gasteiger partial charge in [0.25, 0.3) is 0 Å². The first-order chi connectivity index (χ1) is 18.8. The van der Waals surface area contributed by atoms with Gasteiger partial charge in [0.05, 0.1) is 17.3 Å². The fourth-order valence-electron chi connectivity index (χ4n) is 4.01. The van der Waals surface area contributed by atoms with Crippen molar-refractivity contribution in [2.75, 3.05) is 18.5 Å². The van der Waals surface area contributed by atoms with Gasteiger partial charge in [-0.25, -0.2) is 9.78 Å². The van der Waals surface area contributed by atoms with E-state index in [-0.39, 0.29) is 43.7 Å². The largest absolute Gasteiger partial charge is 0.444 e. The zero-order valence-electron chi connectivity index (χ0n) is 23.2. The molecule has 0 aromatic carbocycles. The lowest BCUT2D eigenvalue weighted by molar-refractivity contribution is -0.128. The van der Waals surface area contributed by atoms with E-state index < -0.39 is 33.7 Å². The second-order valence-electron chi connectivity index (χ2n) is 10.2. The lowest BCUT2D eigenvalue weighted by atomic mass is 10.0. The van der Waals surface area contributed by atoms with Crippen molar-refractivity contribution < 1.29 is 28.7 Å². The summed E-state index contributed by atoms with van der Waals surface area (Å²) in [6, 6.07) is 1.87. The lowest BCUT2D eigenvalue weighted by Crippen LogP contribution is -2.49. The van der Waals surface area contributed by atoms with Gasteiger partial charge in [0.15, 0.2) is 0 Å². The van der Waals surface area contributed by atoms with Crippen LogP contribution in [-0.4, -0.2) is 68.6 Å². The number of aromatic nitrogens is 1. The Labute approximate surface area is 257 Å². The summed E-state index contributed by atoms with van der Waals surface area (Å²) < 4.78 is 11.2. The lowest BCUT2D eigenvalue weighted by Gasteiger charge is -2.30. The molecule has 0 spiro atoms. The number of halogens is 2. The van der Waals surface area contributed by atoms with Crippen LogP contribution < -0.4 is 16.0 Å². The van der Waals surface area contributed by atoms with E-state index in [2.05, 4.69) is 72.6 Å². The molecular weight excluding hydrogens is 697 g/mol. The standard InChI is InChI=1S/C27H37BrIN5O6/c1-7-9-19(31-16(3)35)24(36)30-14-18-13-20(34(22(18)29)26(38)40-27(4,5)6)25(37)33-23-17(15-39-12-8-2)10-11-21(28)32-23/h7-8,10-11,18-20,22H,1-2,9,12-15H2,3-6H3,(H,30,36)(H,31,35)(H,32,33,37)/t18-,19+,20+,22+/m1/s1. The Hall–Kier alpha value is -2.52. The molecule has 13 heteroatoms. The fourth-order valence-corrected chi connectivity index (χ4v) is 5.48. The number of carbonyl (C=O) groups is 4. The fraction of sp³-hybridized carbons (Fsp3) is 0.519. The second-order valence-corrected chi connectivity index (χ2v) is 12.3. The van der Waals surface area contributed by atoms with Crippen LogP contribution in [-0.2, 0) is 30.5 Å². The molecule has 40 heavy (non-hydrogen) atoms. The highest BCUT2D eigenvalue weighted by atomic mass is 127. The minimum atomic E-state index is -0.888. The summed E-state index contributed by atoms with van der Waals surface area (Å²) in [6.07, 6.45) is 3.06. The van der Waals surface area contributed by atoms with Crippen LogP contribution in [0.15, 0.2) is 42.0 Å². The maximum Gasteiger partial charge on any atom is 0.411 e. The molecule has 4 amide bonds. The van der Waals surface area contributed by atoms with Gasteiger partial charge in [0.2, 0.25) is 17.7 Å². The summed E-state index contributed by atoms with van der Waals surface area (Å²) in [5.74, 6) is -1.13. The van der Waals surface area contributed by atoms with Crippen molar-refractivity contribution in [3.8, 4) is 0 Å². The first-order valence-electron chi connectivity index (χ1n) is 12.7. The summed E-state index contributed by atoms with van der Waals surface area (Å²) in [5, 5.41) is 8.30. The summed E-state index contributed by atoms with van der Waals surface area (Å²) >= 11 is 5.43. The van der Waals surface area contributed by atoms with E-state index in [1.165, 1.54) is 11.8 Å². The summed E-state index contributed by atoms with van der Waals surface area (Å²) in [7, 11) is 0. The van der Waals surface area contributed by atoms with Gasteiger partial charge < -0.3 is 25.4 Å². The molecule has 3 N–H and O–H groups in total. The highest BCUT2D eigenvalue weighted by molar-refractivity contribution is 14.1. The van der Waals surface area contributed by atoms with Crippen molar-refractivity contribution in [2.24, 2.45) is 5.92 Å². The number of nitrogens with one attached hydrogen (secondary N) is 3. The van der Waals surface area contributed by atoms with Gasteiger partial charge in [-0.1, -0.05) is 40.8 Å². The molecule has 1 aliphatic heterocycles. The average molecular weight is 734 g/mol. The number of nitrogens with zero attached hydrogens (tertiary/aromatic N) is 2. The van der Waals surface area contributed by atoms with Crippen molar-refractivity contribution in [3.63, 3.8) is 0 Å². The molecule has 0 aliphatic carbocycles. The van der Waals surface area contributed by atoms with Gasteiger partial charge in [0, 0.05) is 24.9 Å². The monoisotopic (exact) mass is 733 g/mol. The number of amides is 4. The normalized spacial score (nSPS) is 19.4. The Balaban J connectivity index is 2.26. The third kappa shape index (κ3) is 10.1. The van der Waals surface area contributed by atoms with Crippen molar-refractivity contribution in [1.82, 2.24) is 20.5 Å². The first kappa shape index (κ1) is 33.7. The number of carbonyl (C=O) groups excluding carboxylic acids is 4. The number of alkyl halides is 1. The molecule has 2 heterocycles. The number of anilines is 1. The number of ether oxygens (including phenoxy) is 2. The van der Waals surface area contributed by atoms with Crippen LogP contribution in [0.5, 0.6) is 0 Å². The highest BCUT2D eigenvalue weighted by Crippen LogP contribution is 2.36. The molecule has 1 aromatic rings. The van der Waals surface area contributed by atoms with E-state index in [0.717, 1.165) is 0 Å². The second kappa shape index (κ2) is 15.5. The van der Waals surface area contributed by atoms with Crippen LogP contribution in [0, 0.1) is 5.92 Å². The summed E-state index contributed by atoms with van der Waals surface area (Å²) in [5.41, 5.74) is -0.125. The molecule has 11 nitrogen and oxygen atoms in total. The topological polar surface area (TPSA) is 139 Å². The van der Waals surface area contributed by atoms with Crippen LogP contribution in [0.2, 0.25) is 0 Å². The van der Waals surface area contributed by atoms with Crippen LogP contribution in [0.3, 0.4) is 0 Å². The number of pyridine rings is 1. The molecule has 2 rings (SSSR count). The van der Waals surface area contributed by atoms with Gasteiger partial charge in [-0.15, -0.1) is 13.2 Å².